The molecule has 3 rings (SSSR count). The van der Waals surface area contributed by atoms with Gasteiger partial charge in [0.1, 0.15) is 5.82 Å². The Morgan fingerprint density at radius 1 is 1.26 bits per heavy atom. The zero-order chi connectivity index (χ0) is 16.1. The van der Waals surface area contributed by atoms with Gasteiger partial charge in [-0.05, 0) is 25.0 Å². The molecule has 1 aliphatic rings. The first-order chi connectivity index (χ1) is 11.3. The van der Waals surface area contributed by atoms with E-state index in [1.165, 1.54) is 43.9 Å². The van der Waals surface area contributed by atoms with Gasteiger partial charge in [-0.3, -0.25) is 4.79 Å². The van der Waals surface area contributed by atoms with E-state index in [4.69, 9.17) is 4.98 Å². The molecule has 1 aliphatic carbocycles. The average Bonchev–Trinajstić information content (AvgIpc) is 3.05. The molecule has 1 aromatic heterocycles. The molecule has 122 valence electrons. The molecule has 23 heavy (non-hydrogen) atoms. The van der Waals surface area contributed by atoms with E-state index >= 15 is 0 Å². The van der Waals surface area contributed by atoms with Gasteiger partial charge in [0.2, 0.25) is 11.1 Å². The number of benzene rings is 1. The second-order valence-corrected chi connectivity index (χ2v) is 6.74. The Bertz CT molecular complexity index is 650. The lowest BCUT2D eigenvalue weighted by atomic mass is 9.88. The summed E-state index contributed by atoms with van der Waals surface area (Å²) >= 11 is 1.39. The summed E-state index contributed by atoms with van der Waals surface area (Å²) in [5, 5.41) is 7.96. The Labute approximate surface area is 140 Å². The summed E-state index contributed by atoms with van der Waals surface area (Å²) in [5.41, 5.74) is 1.03. The van der Waals surface area contributed by atoms with Crippen LogP contribution in [0.25, 0.3) is 5.69 Å². The van der Waals surface area contributed by atoms with E-state index in [2.05, 4.69) is 10.4 Å². The first-order valence-corrected chi connectivity index (χ1v) is 9.12. The van der Waals surface area contributed by atoms with Gasteiger partial charge in [-0.15, -0.1) is 5.10 Å². The van der Waals surface area contributed by atoms with E-state index < -0.39 is 0 Å². The molecular weight excluding hydrogens is 308 g/mol. The van der Waals surface area contributed by atoms with Crippen LogP contribution >= 0.6 is 11.8 Å². The van der Waals surface area contributed by atoms with Crippen LogP contribution in [0.3, 0.4) is 0 Å². The number of rotatable bonds is 5. The zero-order valence-electron chi connectivity index (χ0n) is 13.4. The molecule has 2 aromatic rings. The molecule has 1 aromatic carbocycles. The molecule has 1 saturated carbocycles. The van der Waals surface area contributed by atoms with E-state index in [-0.39, 0.29) is 5.91 Å². The van der Waals surface area contributed by atoms with Crippen LogP contribution in [0.4, 0.5) is 0 Å². The Kier molecular flexibility index (Phi) is 5.33. The van der Waals surface area contributed by atoms with E-state index in [1.807, 2.05) is 35.0 Å². The van der Waals surface area contributed by atoms with Crippen molar-refractivity contribution in [3.63, 3.8) is 0 Å². The van der Waals surface area contributed by atoms with Crippen molar-refractivity contribution in [1.29, 1.82) is 0 Å². The van der Waals surface area contributed by atoms with Gasteiger partial charge in [0, 0.05) is 13.0 Å². The molecule has 0 aliphatic heterocycles. The largest absolute Gasteiger partial charge is 0.358 e. The van der Waals surface area contributed by atoms with Crippen molar-refractivity contribution in [3.05, 3.63) is 36.2 Å². The van der Waals surface area contributed by atoms with Crippen LogP contribution in [-0.4, -0.2) is 33.5 Å². The summed E-state index contributed by atoms with van der Waals surface area (Å²) in [4.78, 5) is 16.2. The molecule has 1 heterocycles. The molecule has 0 radical (unpaired) electrons. The smallest absolute Gasteiger partial charge is 0.230 e. The summed E-state index contributed by atoms with van der Waals surface area (Å²) in [6, 6.07) is 10.1. The molecule has 0 spiro atoms. The minimum absolute atomic E-state index is 0.00900. The van der Waals surface area contributed by atoms with Crippen molar-refractivity contribution in [2.75, 3.05) is 12.8 Å². The van der Waals surface area contributed by atoms with Crippen molar-refractivity contribution in [2.24, 2.45) is 0 Å². The fourth-order valence-corrected chi connectivity index (χ4v) is 3.65. The summed E-state index contributed by atoms with van der Waals surface area (Å²) in [6.07, 6.45) is 6.17. The Morgan fingerprint density at radius 3 is 2.70 bits per heavy atom. The van der Waals surface area contributed by atoms with E-state index in [0.717, 1.165) is 11.5 Å². The van der Waals surface area contributed by atoms with Crippen LogP contribution in [0.2, 0.25) is 0 Å². The van der Waals surface area contributed by atoms with Crippen molar-refractivity contribution in [3.8, 4) is 5.69 Å². The highest BCUT2D eigenvalue weighted by Gasteiger charge is 2.23. The van der Waals surface area contributed by atoms with Gasteiger partial charge in [-0.1, -0.05) is 49.2 Å². The number of para-hydroxylation sites is 1. The lowest BCUT2D eigenvalue weighted by Crippen LogP contribution is -2.19. The maximum Gasteiger partial charge on any atom is 0.230 e. The van der Waals surface area contributed by atoms with E-state index in [9.17, 15) is 4.79 Å². The lowest BCUT2D eigenvalue weighted by molar-refractivity contribution is -0.118. The predicted octanol–water partition coefficient (Wildman–Crippen LogP) is 3.15. The monoisotopic (exact) mass is 330 g/mol. The first kappa shape index (κ1) is 16.1. The van der Waals surface area contributed by atoms with Crippen molar-refractivity contribution in [1.82, 2.24) is 20.1 Å². The summed E-state index contributed by atoms with van der Waals surface area (Å²) in [5.74, 6) is 1.84. The van der Waals surface area contributed by atoms with Gasteiger partial charge < -0.3 is 5.32 Å². The van der Waals surface area contributed by atoms with Crippen LogP contribution in [0.5, 0.6) is 0 Å². The van der Waals surface area contributed by atoms with Crippen molar-refractivity contribution in [2.45, 2.75) is 43.2 Å². The first-order valence-electron chi connectivity index (χ1n) is 8.13. The average molecular weight is 330 g/mol. The minimum atomic E-state index is -0.00900. The van der Waals surface area contributed by atoms with Crippen LogP contribution in [0, 0.1) is 0 Å². The Morgan fingerprint density at radius 2 is 2.00 bits per heavy atom. The number of nitrogens with zero attached hydrogens (tertiary/aromatic N) is 3. The van der Waals surface area contributed by atoms with Gasteiger partial charge in [0.25, 0.3) is 0 Å². The van der Waals surface area contributed by atoms with Crippen molar-refractivity contribution >= 4 is 17.7 Å². The lowest BCUT2D eigenvalue weighted by Gasteiger charge is -2.21. The number of hydrogen-bond acceptors (Lipinski definition) is 4. The van der Waals surface area contributed by atoms with Crippen LogP contribution in [-0.2, 0) is 4.79 Å². The molecule has 6 heteroatoms. The predicted molar refractivity (Wildman–Crippen MR) is 92.0 cm³/mol. The number of aromatic nitrogens is 3. The third-order valence-electron chi connectivity index (χ3n) is 4.20. The van der Waals surface area contributed by atoms with Crippen molar-refractivity contribution < 1.29 is 4.79 Å². The molecule has 1 fully saturated rings. The molecule has 1 N–H and O–H groups in total. The molecule has 5 nitrogen and oxygen atoms in total. The van der Waals surface area contributed by atoms with Gasteiger partial charge in [-0.2, -0.15) is 0 Å². The minimum Gasteiger partial charge on any atom is -0.358 e. The molecule has 0 atom stereocenters. The van der Waals surface area contributed by atoms with Gasteiger partial charge >= 0.3 is 0 Å². The fraction of sp³-hybridized carbons (Fsp3) is 0.471. The fourth-order valence-electron chi connectivity index (χ4n) is 2.95. The van der Waals surface area contributed by atoms with Crippen LogP contribution in [0.1, 0.15) is 43.8 Å². The number of carbonyl (C=O) groups excluding carboxylic acids is 1. The quantitative estimate of drug-likeness (QED) is 0.856. The molecule has 0 unspecified atom stereocenters. The topological polar surface area (TPSA) is 59.8 Å². The van der Waals surface area contributed by atoms with Gasteiger partial charge in [-0.25, -0.2) is 9.67 Å². The Balaban J connectivity index is 1.88. The number of hydrogen-bond donors (Lipinski definition) is 1. The number of thioether (sulfide) groups is 1. The molecular formula is C17H22N4OS. The molecule has 0 saturated heterocycles. The standard InChI is InChI=1S/C17H22N4OS/c1-18-15(22)12-23-17-19-16(13-8-4-2-5-9-13)21(20-17)14-10-6-3-7-11-14/h3,6-7,10-11,13H,2,4-5,8-9,12H2,1H3,(H,18,22). The maximum atomic E-state index is 11.5. The van der Waals surface area contributed by atoms with Crippen LogP contribution < -0.4 is 5.32 Å². The highest BCUT2D eigenvalue weighted by molar-refractivity contribution is 7.99. The third-order valence-corrected chi connectivity index (χ3v) is 5.03. The number of carbonyl (C=O) groups is 1. The number of nitrogens with one attached hydrogen (secondary N) is 1. The summed E-state index contributed by atoms with van der Waals surface area (Å²) in [7, 11) is 1.65. The SMILES string of the molecule is CNC(=O)CSc1nc(C2CCCCC2)n(-c2ccccc2)n1. The second-order valence-electron chi connectivity index (χ2n) is 5.80. The highest BCUT2D eigenvalue weighted by Crippen LogP contribution is 2.33. The van der Waals surface area contributed by atoms with Gasteiger partial charge in [0.15, 0.2) is 0 Å². The Hall–Kier alpha value is -1.82. The third kappa shape index (κ3) is 3.93. The van der Waals surface area contributed by atoms with E-state index in [1.54, 1.807) is 7.05 Å². The second kappa shape index (κ2) is 7.64. The highest BCUT2D eigenvalue weighted by atomic mass is 32.2. The number of amides is 1. The molecule has 0 bridgehead atoms. The summed E-state index contributed by atoms with van der Waals surface area (Å²) < 4.78 is 1.96. The normalized spacial score (nSPS) is 15.5. The van der Waals surface area contributed by atoms with E-state index in [0.29, 0.717) is 16.8 Å². The molecule has 1 amide bonds. The van der Waals surface area contributed by atoms with Crippen LogP contribution in [0.15, 0.2) is 35.5 Å². The van der Waals surface area contributed by atoms with Gasteiger partial charge in [0.05, 0.1) is 11.4 Å². The zero-order valence-corrected chi connectivity index (χ0v) is 14.2. The maximum absolute atomic E-state index is 11.5. The summed E-state index contributed by atoms with van der Waals surface area (Å²) in [6.45, 7) is 0.